The number of nitrogens with two attached hydrogens (primary N) is 1. The largest absolute Gasteiger partial charge is 0.466 e. The van der Waals surface area contributed by atoms with Crippen LogP contribution in [0.15, 0.2) is 6.07 Å². The Bertz CT molecular complexity index is 402. The highest BCUT2D eigenvalue weighted by Crippen LogP contribution is 2.04. The molecule has 94 valence electrons. The van der Waals surface area contributed by atoms with Crippen LogP contribution in [0.4, 0.5) is 5.82 Å². The number of anilines is 1. The number of aromatic amines is 1. The van der Waals surface area contributed by atoms with Gasteiger partial charge in [-0.05, 0) is 6.92 Å². The lowest BCUT2D eigenvalue weighted by atomic mass is 10.3. The Morgan fingerprint density at radius 2 is 2.29 bits per heavy atom. The summed E-state index contributed by atoms with van der Waals surface area (Å²) >= 11 is 0. The number of nitrogens with zero attached hydrogens (tertiary/aromatic N) is 2. The summed E-state index contributed by atoms with van der Waals surface area (Å²) in [5.41, 5.74) is 5.69. The molecule has 0 aliphatic carbocycles. The third-order valence-corrected chi connectivity index (χ3v) is 2.13. The van der Waals surface area contributed by atoms with Gasteiger partial charge in [0.1, 0.15) is 11.5 Å². The first-order chi connectivity index (χ1) is 8.04. The van der Waals surface area contributed by atoms with Crippen molar-refractivity contribution in [2.24, 2.45) is 0 Å². The molecule has 1 rings (SSSR count). The lowest BCUT2D eigenvalue weighted by molar-refractivity contribution is -0.143. The molecule has 0 atom stereocenters. The van der Waals surface area contributed by atoms with Gasteiger partial charge in [0, 0.05) is 19.7 Å². The van der Waals surface area contributed by atoms with E-state index in [1.807, 2.05) is 0 Å². The van der Waals surface area contributed by atoms with Gasteiger partial charge in [-0.3, -0.25) is 14.7 Å². The van der Waals surface area contributed by atoms with E-state index in [1.54, 1.807) is 14.0 Å². The summed E-state index contributed by atoms with van der Waals surface area (Å²) in [4.78, 5) is 24.3. The van der Waals surface area contributed by atoms with Crippen molar-refractivity contribution in [3.63, 3.8) is 0 Å². The number of hydrogen-bond donors (Lipinski definition) is 2. The van der Waals surface area contributed by atoms with Gasteiger partial charge in [-0.2, -0.15) is 5.10 Å². The van der Waals surface area contributed by atoms with Gasteiger partial charge in [-0.15, -0.1) is 0 Å². The average Bonchev–Trinajstić information content (AvgIpc) is 2.72. The molecular weight excluding hydrogens is 224 g/mol. The Labute approximate surface area is 98.9 Å². The number of carbonyl (C=O) groups excluding carboxylic acids is 2. The summed E-state index contributed by atoms with van der Waals surface area (Å²) in [5, 5.41) is 6.17. The summed E-state index contributed by atoms with van der Waals surface area (Å²) in [6.07, 6.45) is 0.166. The maximum Gasteiger partial charge on any atom is 0.307 e. The van der Waals surface area contributed by atoms with E-state index in [1.165, 1.54) is 11.0 Å². The molecule has 1 heterocycles. The van der Waals surface area contributed by atoms with Crippen molar-refractivity contribution >= 4 is 17.7 Å². The molecule has 7 heteroatoms. The standard InChI is InChI=1S/C10H16N4O3/c1-3-17-9(15)4-5-14(2)10(16)7-6-8(11)13-12-7/h6H,3-5H2,1-2H3,(H3,11,12,13). The van der Waals surface area contributed by atoms with Crippen LogP contribution in [0.3, 0.4) is 0 Å². The quantitative estimate of drug-likeness (QED) is 0.706. The molecule has 0 aliphatic heterocycles. The molecule has 1 aromatic rings. The maximum absolute atomic E-state index is 11.8. The Hall–Kier alpha value is -2.05. The Morgan fingerprint density at radius 3 is 2.82 bits per heavy atom. The predicted octanol–water partition coefficient (Wildman–Crippen LogP) is 0.0171. The zero-order valence-electron chi connectivity index (χ0n) is 9.90. The topological polar surface area (TPSA) is 101 Å². The molecule has 3 N–H and O–H groups in total. The SMILES string of the molecule is CCOC(=O)CCN(C)C(=O)c1cc(N)n[nH]1. The molecule has 0 aromatic carbocycles. The van der Waals surface area contributed by atoms with Crippen molar-refractivity contribution in [1.82, 2.24) is 15.1 Å². The van der Waals surface area contributed by atoms with Crippen molar-refractivity contribution in [3.05, 3.63) is 11.8 Å². The lowest BCUT2D eigenvalue weighted by Gasteiger charge is -2.15. The highest BCUT2D eigenvalue weighted by Gasteiger charge is 2.15. The summed E-state index contributed by atoms with van der Waals surface area (Å²) in [6, 6.07) is 1.45. The Kier molecular flexibility index (Phi) is 4.50. The molecule has 0 radical (unpaired) electrons. The van der Waals surface area contributed by atoms with Crippen LogP contribution in [0.5, 0.6) is 0 Å². The molecule has 0 bridgehead atoms. The van der Waals surface area contributed by atoms with E-state index in [9.17, 15) is 9.59 Å². The molecule has 1 aromatic heterocycles. The van der Waals surface area contributed by atoms with Gasteiger partial charge in [0.15, 0.2) is 0 Å². The molecule has 1 amide bonds. The van der Waals surface area contributed by atoms with E-state index in [0.717, 1.165) is 0 Å². The zero-order valence-corrected chi connectivity index (χ0v) is 9.90. The Balaban J connectivity index is 2.45. The van der Waals surface area contributed by atoms with Gasteiger partial charge in [0.25, 0.3) is 5.91 Å². The minimum absolute atomic E-state index is 0.166. The fourth-order valence-electron chi connectivity index (χ4n) is 1.25. The van der Waals surface area contributed by atoms with Crippen LogP contribution in [0, 0.1) is 0 Å². The molecular formula is C10H16N4O3. The number of amides is 1. The number of esters is 1. The molecule has 0 spiro atoms. The van der Waals surface area contributed by atoms with Crippen LogP contribution in [-0.4, -0.2) is 47.2 Å². The molecule has 7 nitrogen and oxygen atoms in total. The minimum atomic E-state index is -0.323. The third-order valence-electron chi connectivity index (χ3n) is 2.13. The first kappa shape index (κ1) is 13.0. The van der Waals surface area contributed by atoms with E-state index < -0.39 is 0 Å². The van der Waals surface area contributed by atoms with Crippen LogP contribution < -0.4 is 5.73 Å². The number of ether oxygens (including phenoxy) is 1. The average molecular weight is 240 g/mol. The van der Waals surface area contributed by atoms with Gasteiger partial charge in [-0.1, -0.05) is 0 Å². The normalized spacial score (nSPS) is 10.0. The van der Waals surface area contributed by atoms with E-state index in [2.05, 4.69) is 10.2 Å². The number of nitrogen functional groups attached to an aromatic ring is 1. The van der Waals surface area contributed by atoms with Crippen molar-refractivity contribution in [1.29, 1.82) is 0 Å². The molecule has 0 fully saturated rings. The second-order valence-electron chi connectivity index (χ2n) is 3.49. The summed E-state index contributed by atoms with van der Waals surface area (Å²) < 4.78 is 4.76. The summed E-state index contributed by atoms with van der Waals surface area (Å²) in [7, 11) is 1.60. The minimum Gasteiger partial charge on any atom is -0.466 e. The molecule has 0 aliphatic rings. The van der Waals surface area contributed by atoms with Crippen molar-refractivity contribution in [2.45, 2.75) is 13.3 Å². The monoisotopic (exact) mass is 240 g/mol. The lowest BCUT2D eigenvalue weighted by Crippen LogP contribution is -2.29. The number of H-pyrrole nitrogens is 1. The third kappa shape index (κ3) is 3.78. The van der Waals surface area contributed by atoms with Crippen molar-refractivity contribution in [2.75, 3.05) is 25.9 Å². The number of aromatic nitrogens is 2. The van der Waals surface area contributed by atoms with Gasteiger partial charge in [0.2, 0.25) is 0 Å². The van der Waals surface area contributed by atoms with Gasteiger partial charge >= 0.3 is 5.97 Å². The maximum atomic E-state index is 11.8. The van der Waals surface area contributed by atoms with Crippen LogP contribution >= 0.6 is 0 Å². The van der Waals surface area contributed by atoms with Crippen molar-refractivity contribution < 1.29 is 14.3 Å². The van der Waals surface area contributed by atoms with E-state index in [0.29, 0.717) is 12.3 Å². The Morgan fingerprint density at radius 1 is 1.59 bits per heavy atom. The second kappa shape index (κ2) is 5.88. The number of carbonyl (C=O) groups is 2. The van der Waals surface area contributed by atoms with Crippen LogP contribution in [0.1, 0.15) is 23.8 Å². The second-order valence-corrected chi connectivity index (χ2v) is 3.49. The van der Waals surface area contributed by atoms with Crippen LogP contribution in [-0.2, 0) is 9.53 Å². The number of rotatable bonds is 5. The molecule has 0 unspecified atom stereocenters. The molecule has 17 heavy (non-hydrogen) atoms. The fourth-order valence-corrected chi connectivity index (χ4v) is 1.25. The van der Waals surface area contributed by atoms with Gasteiger partial charge in [-0.25, -0.2) is 0 Å². The van der Waals surface area contributed by atoms with Gasteiger partial charge < -0.3 is 15.4 Å². The van der Waals surface area contributed by atoms with Crippen LogP contribution in [0.25, 0.3) is 0 Å². The van der Waals surface area contributed by atoms with E-state index in [4.69, 9.17) is 10.5 Å². The highest BCUT2D eigenvalue weighted by atomic mass is 16.5. The predicted molar refractivity (Wildman–Crippen MR) is 61.2 cm³/mol. The number of nitrogens with one attached hydrogen (secondary N) is 1. The number of hydrogen-bond acceptors (Lipinski definition) is 5. The van der Waals surface area contributed by atoms with Crippen molar-refractivity contribution in [3.8, 4) is 0 Å². The van der Waals surface area contributed by atoms with Gasteiger partial charge in [0.05, 0.1) is 13.0 Å². The smallest absolute Gasteiger partial charge is 0.307 e. The first-order valence-electron chi connectivity index (χ1n) is 5.26. The highest BCUT2D eigenvalue weighted by molar-refractivity contribution is 5.92. The zero-order chi connectivity index (χ0) is 12.8. The van der Waals surface area contributed by atoms with E-state index >= 15 is 0 Å². The van der Waals surface area contributed by atoms with E-state index in [-0.39, 0.29) is 30.7 Å². The summed E-state index contributed by atoms with van der Waals surface area (Å²) in [6.45, 7) is 2.37. The molecule has 0 saturated carbocycles. The summed E-state index contributed by atoms with van der Waals surface area (Å²) in [5.74, 6) is -0.332. The first-order valence-corrected chi connectivity index (χ1v) is 5.26. The fraction of sp³-hybridized carbons (Fsp3) is 0.500. The van der Waals surface area contributed by atoms with Crippen LogP contribution in [0.2, 0.25) is 0 Å². The molecule has 0 saturated heterocycles.